The lowest BCUT2D eigenvalue weighted by atomic mass is 10.1. The Kier molecular flexibility index (Phi) is 3.13. The molecular weight excluding hydrogens is 198 g/mol. The second-order valence-corrected chi connectivity index (χ2v) is 2.67. The fraction of sp³-hybridized carbons (Fsp3) is 0.200. The molecule has 0 spiro atoms. The molecule has 15 heavy (non-hydrogen) atoms. The minimum absolute atomic E-state index is 0.0164. The zero-order valence-corrected chi connectivity index (χ0v) is 8.27. The molecule has 0 saturated heterocycles. The van der Waals surface area contributed by atoms with Crippen LogP contribution in [0.25, 0.3) is 0 Å². The predicted octanol–water partition coefficient (Wildman–Crippen LogP) is 1.27. The zero-order valence-electron chi connectivity index (χ0n) is 8.27. The van der Waals surface area contributed by atoms with Crippen LogP contribution in [0.2, 0.25) is 0 Å². The minimum atomic E-state index is -1.10. The highest BCUT2D eigenvalue weighted by atomic mass is 16.5. The monoisotopic (exact) mass is 207 g/mol. The van der Waals surface area contributed by atoms with Gasteiger partial charge in [-0.1, -0.05) is 0 Å². The van der Waals surface area contributed by atoms with E-state index in [-0.39, 0.29) is 22.6 Å². The summed E-state index contributed by atoms with van der Waals surface area (Å²) in [6.45, 7) is 0. The van der Waals surface area contributed by atoms with Crippen molar-refractivity contribution in [2.45, 2.75) is 0 Å². The van der Waals surface area contributed by atoms with E-state index in [2.05, 4.69) is 0 Å². The van der Waals surface area contributed by atoms with Crippen LogP contribution in [0.5, 0.6) is 11.5 Å². The number of carboxylic acids is 1. The van der Waals surface area contributed by atoms with E-state index in [0.29, 0.717) is 0 Å². The maximum absolute atomic E-state index is 10.7. The SMILES string of the molecule is COc1cc(C(=O)O)cc(OC)c1C#N. The molecule has 78 valence electrons. The highest BCUT2D eigenvalue weighted by Gasteiger charge is 2.15. The molecule has 0 bridgehead atoms. The van der Waals surface area contributed by atoms with Gasteiger partial charge in [-0.3, -0.25) is 0 Å². The summed E-state index contributed by atoms with van der Waals surface area (Å²) >= 11 is 0. The fourth-order valence-electron chi connectivity index (χ4n) is 1.15. The number of benzene rings is 1. The van der Waals surface area contributed by atoms with Gasteiger partial charge in [0.05, 0.1) is 19.8 Å². The van der Waals surface area contributed by atoms with Gasteiger partial charge in [0.25, 0.3) is 0 Å². The first-order chi connectivity index (χ1) is 7.13. The van der Waals surface area contributed by atoms with Crippen molar-refractivity contribution in [1.82, 2.24) is 0 Å². The first kappa shape index (κ1) is 10.9. The number of methoxy groups -OCH3 is 2. The molecule has 5 heteroatoms. The molecule has 0 fully saturated rings. The number of hydrogen-bond donors (Lipinski definition) is 1. The fourth-order valence-corrected chi connectivity index (χ4v) is 1.15. The van der Waals surface area contributed by atoms with Crippen molar-refractivity contribution in [2.75, 3.05) is 14.2 Å². The molecule has 0 aromatic heterocycles. The lowest BCUT2D eigenvalue weighted by Crippen LogP contribution is -2.01. The minimum Gasteiger partial charge on any atom is -0.495 e. The number of rotatable bonds is 3. The smallest absolute Gasteiger partial charge is 0.335 e. The largest absolute Gasteiger partial charge is 0.495 e. The number of carbonyl (C=O) groups is 1. The van der Waals surface area contributed by atoms with Crippen LogP contribution in [0.1, 0.15) is 15.9 Å². The number of aromatic carboxylic acids is 1. The molecule has 1 rings (SSSR count). The molecule has 1 N–H and O–H groups in total. The summed E-state index contributed by atoms with van der Waals surface area (Å²) in [4.78, 5) is 10.7. The third-order valence-electron chi connectivity index (χ3n) is 1.86. The van der Waals surface area contributed by atoms with Gasteiger partial charge >= 0.3 is 5.97 Å². The average molecular weight is 207 g/mol. The van der Waals surface area contributed by atoms with E-state index >= 15 is 0 Å². The highest BCUT2D eigenvalue weighted by molar-refractivity contribution is 5.89. The second kappa shape index (κ2) is 4.33. The quantitative estimate of drug-likeness (QED) is 0.807. The van der Waals surface area contributed by atoms with Gasteiger partial charge in [-0.25, -0.2) is 4.79 Å². The summed E-state index contributed by atoms with van der Waals surface area (Å²) in [5.41, 5.74) is 0.202. The number of ether oxygens (including phenoxy) is 2. The maximum atomic E-state index is 10.7. The van der Waals surface area contributed by atoms with Crippen molar-refractivity contribution in [3.8, 4) is 17.6 Å². The molecule has 0 amide bonds. The van der Waals surface area contributed by atoms with Crippen LogP contribution in [-0.2, 0) is 0 Å². The summed E-state index contributed by atoms with van der Waals surface area (Å²) in [7, 11) is 2.72. The summed E-state index contributed by atoms with van der Waals surface area (Å²) in [5, 5.41) is 17.6. The second-order valence-electron chi connectivity index (χ2n) is 2.67. The van der Waals surface area contributed by atoms with Crippen molar-refractivity contribution in [1.29, 1.82) is 5.26 Å². The Morgan fingerprint density at radius 2 is 1.80 bits per heavy atom. The number of nitrogens with zero attached hydrogens (tertiary/aromatic N) is 1. The molecule has 0 aliphatic rings. The highest BCUT2D eigenvalue weighted by Crippen LogP contribution is 2.29. The molecule has 1 aromatic rings. The number of hydrogen-bond acceptors (Lipinski definition) is 4. The molecule has 0 aliphatic heterocycles. The molecule has 0 unspecified atom stereocenters. The van der Waals surface area contributed by atoms with Crippen LogP contribution in [0, 0.1) is 11.3 Å². The van der Waals surface area contributed by atoms with E-state index in [4.69, 9.17) is 19.8 Å². The Morgan fingerprint density at radius 1 is 1.33 bits per heavy atom. The third kappa shape index (κ3) is 1.99. The van der Waals surface area contributed by atoms with Crippen LogP contribution < -0.4 is 9.47 Å². The first-order valence-corrected chi connectivity index (χ1v) is 4.03. The molecule has 0 atom stereocenters. The van der Waals surface area contributed by atoms with E-state index in [1.807, 2.05) is 6.07 Å². The molecular formula is C10H9NO4. The summed E-state index contributed by atoms with van der Waals surface area (Å²) < 4.78 is 9.81. The van der Waals surface area contributed by atoms with Crippen molar-refractivity contribution < 1.29 is 19.4 Å². The van der Waals surface area contributed by atoms with Gasteiger partial charge in [-0.2, -0.15) is 5.26 Å². The summed E-state index contributed by atoms with van der Waals surface area (Å²) in [6.07, 6.45) is 0. The van der Waals surface area contributed by atoms with Crippen LogP contribution >= 0.6 is 0 Å². The standard InChI is InChI=1S/C10H9NO4/c1-14-8-3-6(10(12)13)4-9(15-2)7(8)5-11/h3-4H,1-2H3,(H,12,13). The lowest BCUT2D eigenvalue weighted by molar-refractivity contribution is 0.0696. The summed E-state index contributed by atoms with van der Waals surface area (Å²) in [6, 6.07) is 4.45. The Labute approximate surface area is 86.5 Å². The van der Waals surface area contributed by atoms with Crippen molar-refractivity contribution >= 4 is 5.97 Å². The first-order valence-electron chi connectivity index (χ1n) is 4.03. The lowest BCUT2D eigenvalue weighted by Gasteiger charge is -2.08. The van der Waals surface area contributed by atoms with Gasteiger partial charge in [-0.15, -0.1) is 0 Å². The molecule has 5 nitrogen and oxygen atoms in total. The van der Waals surface area contributed by atoms with E-state index < -0.39 is 5.97 Å². The van der Waals surface area contributed by atoms with Gasteiger partial charge in [0.1, 0.15) is 23.1 Å². The van der Waals surface area contributed by atoms with Crippen LogP contribution in [-0.4, -0.2) is 25.3 Å². The molecule has 0 radical (unpaired) electrons. The molecule has 0 aliphatic carbocycles. The van der Waals surface area contributed by atoms with E-state index in [9.17, 15) is 4.79 Å². The Morgan fingerprint density at radius 3 is 2.07 bits per heavy atom. The van der Waals surface area contributed by atoms with Crippen LogP contribution in [0.4, 0.5) is 0 Å². The Balaban J connectivity index is 3.44. The predicted molar refractivity (Wildman–Crippen MR) is 51.2 cm³/mol. The Hall–Kier alpha value is -2.22. The Bertz CT molecular complexity index is 409. The van der Waals surface area contributed by atoms with Crippen molar-refractivity contribution in [2.24, 2.45) is 0 Å². The topological polar surface area (TPSA) is 79.6 Å². The number of carboxylic acid groups (broad SMARTS) is 1. The summed E-state index contributed by atoms with van der Waals surface area (Å²) in [5.74, 6) is -0.723. The molecule has 0 heterocycles. The van der Waals surface area contributed by atoms with E-state index in [1.54, 1.807) is 0 Å². The van der Waals surface area contributed by atoms with E-state index in [1.165, 1.54) is 26.4 Å². The van der Waals surface area contributed by atoms with Gasteiger partial charge in [0.2, 0.25) is 0 Å². The van der Waals surface area contributed by atoms with E-state index in [0.717, 1.165) is 0 Å². The maximum Gasteiger partial charge on any atom is 0.335 e. The van der Waals surface area contributed by atoms with Crippen molar-refractivity contribution in [3.63, 3.8) is 0 Å². The van der Waals surface area contributed by atoms with Gasteiger partial charge in [0.15, 0.2) is 0 Å². The zero-order chi connectivity index (χ0) is 11.4. The van der Waals surface area contributed by atoms with Gasteiger partial charge in [0, 0.05) is 0 Å². The normalized spacial score (nSPS) is 9.13. The van der Waals surface area contributed by atoms with Gasteiger partial charge < -0.3 is 14.6 Å². The molecule has 0 saturated carbocycles. The third-order valence-corrected chi connectivity index (χ3v) is 1.86. The van der Waals surface area contributed by atoms with Gasteiger partial charge in [-0.05, 0) is 12.1 Å². The van der Waals surface area contributed by atoms with Crippen molar-refractivity contribution in [3.05, 3.63) is 23.3 Å². The molecule has 1 aromatic carbocycles. The van der Waals surface area contributed by atoms with Crippen LogP contribution in [0.3, 0.4) is 0 Å². The van der Waals surface area contributed by atoms with Crippen LogP contribution in [0.15, 0.2) is 12.1 Å². The average Bonchev–Trinajstić information content (AvgIpc) is 2.26. The number of nitriles is 1.